The lowest BCUT2D eigenvalue weighted by molar-refractivity contribution is 0.0844. The van der Waals surface area contributed by atoms with Gasteiger partial charge in [-0.25, -0.2) is 9.97 Å². The van der Waals surface area contributed by atoms with E-state index in [9.17, 15) is 9.59 Å². The minimum atomic E-state index is -0.479. The van der Waals surface area contributed by atoms with E-state index in [1.54, 1.807) is 30.0 Å². The van der Waals surface area contributed by atoms with E-state index in [2.05, 4.69) is 25.8 Å². The molecule has 0 atom stereocenters. The number of para-hydroxylation sites is 3. The summed E-state index contributed by atoms with van der Waals surface area (Å²) in [6.07, 6.45) is 0. The standard InChI is InChI=1S/C25H19N5O2S/c31-23(29-30-24(32)22-14-13-17-5-1-2-6-19(17)26-22)18-11-9-16(10-12-18)15-33-25-27-20-7-3-4-8-21(20)28-25/h1-14H,15H2,(H,27,28)(H,29,31)(H,30,32). The number of nitrogens with one attached hydrogen (secondary N) is 3. The first-order valence-corrected chi connectivity index (χ1v) is 11.3. The number of aromatic nitrogens is 3. The monoisotopic (exact) mass is 453 g/mol. The van der Waals surface area contributed by atoms with E-state index in [-0.39, 0.29) is 5.69 Å². The molecule has 0 bridgehead atoms. The number of nitrogens with zero attached hydrogens (tertiary/aromatic N) is 2. The number of thioether (sulfide) groups is 1. The highest BCUT2D eigenvalue weighted by atomic mass is 32.2. The average Bonchev–Trinajstić information content (AvgIpc) is 3.29. The van der Waals surface area contributed by atoms with Gasteiger partial charge in [0.15, 0.2) is 5.16 Å². The van der Waals surface area contributed by atoms with Crippen molar-refractivity contribution in [1.29, 1.82) is 0 Å². The molecule has 0 saturated carbocycles. The molecule has 3 N–H and O–H groups in total. The number of pyridine rings is 1. The van der Waals surface area contributed by atoms with Gasteiger partial charge in [-0.3, -0.25) is 20.4 Å². The lowest BCUT2D eigenvalue weighted by Crippen LogP contribution is -2.41. The number of rotatable bonds is 5. The van der Waals surface area contributed by atoms with Gasteiger partial charge in [0, 0.05) is 16.7 Å². The fourth-order valence-corrected chi connectivity index (χ4v) is 4.18. The number of H-pyrrole nitrogens is 1. The lowest BCUT2D eigenvalue weighted by Gasteiger charge is -2.08. The van der Waals surface area contributed by atoms with Crippen molar-refractivity contribution in [2.45, 2.75) is 10.9 Å². The van der Waals surface area contributed by atoms with Gasteiger partial charge in [0.1, 0.15) is 5.69 Å². The summed E-state index contributed by atoms with van der Waals surface area (Å²) in [6.45, 7) is 0. The number of hydrogen-bond acceptors (Lipinski definition) is 5. The first-order chi connectivity index (χ1) is 16.2. The number of aromatic amines is 1. The Morgan fingerprint density at radius 1 is 0.758 bits per heavy atom. The second-order valence-corrected chi connectivity index (χ2v) is 8.31. The molecule has 0 spiro atoms. The molecule has 0 fully saturated rings. The number of carbonyl (C=O) groups is 2. The second kappa shape index (κ2) is 9.13. The summed E-state index contributed by atoms with van der Waals surface area (Å²) in [5, 5.41) is 1.79. The summed E-state index contributed by atoms with van der Waals surface area (Å²) in [5.74, 6) is -0.167. The Kier molecular flexibility index (Phi) is 5.73. The van der Waals surface area contributed by atoms with Gasteiger partial charge in [-0.15, -0.1) is 0 Å². The van der Waals surface area contributed by atoms with Gasteiger partial charge < -0.3 is 4.98 Å². The molecule has 33 heavy (non-hydrogen) atoms. The van der Waals surface area contributed by atoms with Gasteiger partial charge in [0.05, 0.1) is 16.6 Å². The fourth-order valence-electron chi connectivity index (χ4n) is 3.34. The van der Waals surface area contributed by atoms with Crippen LogP contribution < -0.4 is 10.9 Å². The molecular weight excluding hydrogens is 434 g/mol. The molecule has 2 heterocycles. The maximum atomic E-state index is 12.4. The number of hydrazine groups is 1. The third-order valence-electron chi connectivity index (χ3n) is 5.08. The summed E-state index contributed by atoms with van der Waals surface area (Å²) in [6, 6.07) is 26.1. The van der Waals surface area contributed by atoms with Crippen molar-refractivity contribution in [3.05, 3.63) is 102 Å². The van der Waals surface area contributed by atoms with Crippen LogP contribution in [-0.4, -0.2) is 26.8 Å². The molecule has 0 aliphatic heterocycles. The van der Waals surface area contributed by atoms with Crippen molar-refractivity contribution in [3.63, 3.8) is 0 Å². The largest absolute Gasteiger partial charge is 0.333 e. The first-order valence-electron chi connectivity index (χ1n) is 10.3. The van der Waals surface area contributed by atoms with Crippen LogP contribution in [0.4, 0.5) is 0 Å². The summed E-state index contributed by atoms with van der Waals surface area (Å²) < 4.78 is 0. The van der Waals surface area contributed by atoms with E-state index in [0.29, 0.717) is 16.8 Å². The second-order valence-electron chi connectivity index (χ2n) is 7.34. The zero-order valence-corrected chi connectivity index (χ0v) is 18.2. The zero-order valence-electron chi connectivity index (χ0n) is 17.4. The number of carbonyl (C=O) groups excluding carboxylic acids is 2. The third kappa shape index (κ3) is 4.70. The van der Waals surface area contributed by atoms with Crippen LogP contribution in [0.5, 0.6) is 0 Å². The van der Waals surface area contributed by atoms with Crippen molar-refractivity contribution < 1.29 is 9.59 Å². The highest BCUT2D eigenvalue weighted by Gasteiger charge is 2.11. The van der Waals surface area contributed by atoms with Crippen molar-refractivity contribution in [3.8, 4) is 0 Å². The van der Waals surface area contributed by atoms with Gasteiger partial charge in [-0.1, -0.05) is 60.3 Å². The molecule has 0 unspecified atom stereocenters. The van der Waals surface area contributed by atoms with Crippen LogP contribution in [-0.2, 0) is 5.75 Å². The number of hydrogen-bond donors (Lipinski definition) is 3. The minimum Gasteiger partial charge on any atom is -0.333 e. The highest BCUT2D eigenvalue weighted by Crippen LogP contribution is 2.23. The molecular formula is C25H19N5O2S. The number of imidazole rings is 1. The smallest absolute Gasteiger partial charge is 0.288 e. The van der Waals surface area contributed by atoms with E-state index in [0.717, 1.165) is 27.1 Å². The van der Waals surface area contributed by atoms with Crippen LogP contribution in [0.25, 0.3) is 21.9 Å². The molecule has 5 rings (SSSR count). The lowest BCUT2D eigenvalue weighted by atomic mass is 10.1. The van der Waals surface area contributed by atoms with Crippen molar-refractivity contribution in [2.75, 3.05) is 0 Å². The molecule has 5 aromatic rings. The summed E-state index contributed by atoms with van der Waals surface area (Å²) >= 11 is 1.59. The molecule has 2 amide bonds. The molecule has 0 saturated heterocycles. The quantitative estimate of drug-likeness (QED) is 0.269. The maximum Gasteiger partial charge on any atom is 0.288 e. The van der Waals surface area contributed by atoms with E-state index in [4.69, 9.17) is 0 Å². The number of fused-ring (bicyclic) bond motifs is 2. The summed E-state index contributed by atoms with van der Waals surface area (Å²) in [5.41, 5.74) is 9.25. The van der Waals surface area contributed by atoms with Crippen LogP contribution in [0.3, 0.4) is 0 Å². The summed E-state index contributed by atoms with van der Waals surface area (Å²) in [7, 11) is 0. The van der Waals surface area contributed by atoms with E-state index < -0.39 is 11.8 Å². The molecule has 2 aromatic heterocycles. The summed E-state index contributed by atoms with van der Waals surface area (Å²) in [4.78, 5) is 36.9. The Morgan fingerprint density at radius 3 is 2.30 bits per heavy atom. The topological polar surface area (TPSA) is 99.8 Å². The van der Waals surface area contributed by atoms with Gasteiger partial charge in [0.25, 0.3) is 11.8 Å². The Labute approximate surface area is 193 Å². The van der Waals surface area contributed by atoms with E-state index >= 15 is 0 Å². The van der Waals surface area contributed by atoms with Crippen LogP contribution >= 0.6 is 11.8 Å². The van der Waals surface area contributed by atoms with Crippen LogP contribution in [0.2, 0.25) is 0 Å². The normalized spacial score (nSPS) is 10.9. The first kappa shape index (κ1) is 20.7. The van der Waals surface area contributed by atoms with Crippen LogP contribution in [0.1, 0.15) is 26.4 Å². The minimum absolute atomic E-state index is 0.229. The average molecular weight is 454 g/mol. The SMILES string of the molecule is O=C(NNC(=O)c1ccc2ccccc2n1)c1ccc(CSc2nc3ccccc3[nH]2)cc1. The predicted octanol–water partition coefficient (Wildman–Crippen LogP) is 4.48. The highest BCUT2D eigenvalue weighted by molar-refractivity contribution is 7.98. The Morgan fingerprint density at radius 2 is 1.48 bits per heavy atom. The van der Waals surface area contributed by atoms with E-state index in [1.165, 1.54) is 0 Å². The molecule has 0 aliphatic rings. The van der Waals surface area contributed by atoms with Crippen molar-refractivity contribution in [1.82, 2.24) is 25.8 Å². The van der Waals surface area contributed by atoms with Crippen LogP contribution in [0.15, 0.2) is 90.1 Å². The Bertz CT molecular complexity index is 1430. The molecule has 7 nitrogen and oxygen atoms in total. The van der Waals surface area contributed by atoms with Gasteiger partial charge in [-0.2, -0.15) is 0 Å². The molecule has 0 radical (unpaired) electrons. The molecule has 8 heteroatoms. The Balaban J connectivity index is 1.16. The maximum absolute atomic E-state index is 12.4. The fraction of sp³-hybridized carbons (Fsp3) is 0.0400. The van der Waals surface area contributed by atoms with Gasteiger partial charge >= 0.3 is 0 Å². The van der Waals surface area contributed by atoms with E-state index in [1.807, 2.05) is 66.7 Å². The molecule has 162 valence electrons. The van der Waals surface area contributed by atoms with Crippen LogP contribution in [0, 0.1) is 0 Å². The Hall–Kier alpha value is -4.17. The van der Waals surface area contributed by atoms with Gasteiger partial charge in [-0.05, 0) is 42.0 Å². The van der Waals surface area contributed by atoms with Crippen molar-refractivity contribution >= 4 is 45.5 Å². The molecule has 0 aliphatic carbocycles. The third-order valence-corrected chi connectivity index (χ3v) is 6.02. The van der Waals surface area contributed by atoms with Crippen molar-refractivity contribution in [2.24, 2.45) is 0 Å². The number of benzene rings is 3. The van der Waals surface area contributed by atoms with Gasteiger partial charge in [0.2, 0.25) is 0 Å². The number of amides is 2. The zero-order chi connectivity index (χ0) is 22.6. The predicted molar refractivity (Wildman–Crippen MR) is 129 cm³/mol. The molecule has 3 aromatic carbocycles.